The molecule has 0 aliphatic carbocycles. The summed E-state index contributed by atoms with van der Waals surface area (Å²) in [4.78, 5) is 4.01. The number of rotatable bonds is 5. The van der Waals surface area contributed by atoms with Crippen LogP contribution in [0.5, 0.6) is 0 Å². The van der Waals surface area contributed by atoms with Gasteiger partial charge < -0.3 is 4.42 Å². The van der Waals surface area contributed by atoms with Gasteiger partial charge in [-0.2, -0.15) is 0 Å². The van der Waals surface area contributed by atoms with Crippen LogP contribution >= 0.6 is 23.4 Å². The zero-order chi connectivity index (χ0) is 17.8. The van der Waals surface area contributed by atoms with Gasteiger partial charge in [-0.3, -0.25) is 4.98 Å². The molecule has 2 aromatic heterocycles. The molecule has 2 aromatic carbocycles. The zero-order valence-corrected chi connectivity index (χ0v) is 15.2. The number of nitrogens with zero attached hydrogens (tertiary/aromatic N) is 3. The molecule has 6 heteroatoms. The number of hydrogen-bond donors (Lipinski definition) is 0. The molecule has 4 rings (SSSR count). The second-order valence-corrected chi connectivity index (χ2v) is 7.06. The zero-order valence-electron chi connectivity index (χ0n) is 13.6. The lowest BCUT2D eigenvalue weighted by Gasteiger charge is -2.15. The third-order valence-corrected chi connectivity index (χ3v) is 5.23. The molecular weight excluding hydrogens is 366 g/mol. The fourth-order valence-corrected chi connectivity index (χ4v) is 3.69. The highest BCUT2D eigenvalue weighted by Crippen LogP contribution is 2.40. The lowest BCUT2D eigenvalue weighted by Crippen LogP contribution is -1.96. The predicted molar refractivity (Wildman–Crippen MR) is 103 cm³/mol. The Morgan fingerprint density at radius 2 is 1.50 bits per heavy atom. The van der Waals surface area contributed by atoms with E-state index in [9.17, 15) is 0 Å². The van der Waals surface area contributed by atoms with Crippen molar-refractivity contribution in [2.24, 2.45) is 0 Å². The Morgan fingerprint density at radius 1 is 0.808 bits per heavy atom. The Morgan fingerprint density at radius 3 is 2.23 bits per heavy atom. The second-order valence-electron chi connectivity index (χ2n) is 5.57. The summed E-state index contributed by atoms with van der Waals surface area (Å²) < 4.78 is 5.85. The molecule has 4 aromatic rings. The fraction of sp³-hybridized carbons (Fsp3) is 0.0500. The first-order valence-corrected chi connectivity index (χ1v) is 9.26. The normalized spacial score (nSPS) is 12.0. The molecule has 0 aliphatic heterocycles. The van der Waals surface area contributed by atoms with Crippen LogP contribution in [0.25, 0.3) is 11.5 Å². The lowest BCUT2D eigenvalue weighted by atomic mass is 10.0. The maximum Gasteiger partial charge on any atom is 0.277 e. The average molecular weight is 380 g/mol. The molecule has 4 nitrogen and oxygen atoms in total. The Bertz CT molecular complexity index is 975. The van der Waals surface area contributed by atoms with Gasteiger partial charge in [0.15, 0.2) is 0 Å². The molecule has 0 amide bonds. The van der Waals surface area contributed by atoms with Crippen LogP contribution in [0, 0.1) is 0 Å². The van der Waals surface area contributed by atoms with Crippen LogP contribution in [0.15, 0.2) is 88.8 Å². The molecule has 2 heterocycles. The topological polar surface area (TPSA) is 51.8 Å². The number of benzene rings is 2. The van der Waals surface area contributed by atoms with E-state index < -0.39 is 0 Å². The van der Waals surface area contributed by atoms with Crippen molar-refractivity contribution in [3.8, 4) is 11.5 Å². The minimum atomic E-state index is 0.0270. The molecule has 0 bridgehead atoms. The SMILES string of the molecule is Clc1ccc(C(Sc2nnc(-c3ccncc3)o2)c2ccccc2)cc1. The van der Waals surface area contributed by atoms with Crippen molar-refractivity contribution in [1.82, 2.24) is 15.2 Å². The summed E-state index contributed by atoms with van der Waals surface area (Å²) in [5.74, 6) is 0.484. The quantitative estimate of drug-likeness (QED) is 0.418. The summed E-state index contributed by atoms with van der Waals surface area (Å²) >= 11 is 7.56. The standard InChI is InChI=1S/C20H14ClN3OS/c21-17-8-6-15(7-9-17)18(14-4-2-1-3-5-14)26-20-24-23-19(25-20)16-10-12-22-13-11-16/h1-13,18H. The predicted octanol–water partition coefficient (Wildman–Crippen LogP) is 5.67. The summed E-state index contributed by atoms with van der Waals surface area (Å²) in [5.41, 5.74) is 3.12. The van der Waals surface area contributed by atoms with Crippen molar-refractivity contribution in [3.05, 3.63) is 95.3 Å². The highest BCUT2D eigenvalue weighted by Gasteiger charge is 2.20. The van der Waals surface area contributed by atoms with Gasteiger partial charge in [-0.25, -0.2) is 0 Å². The molecule has 1 atom stereocenters. The first-order valence-electron chi connectivity index (χ1n) is 8.00. The van der Waals surface area contributed by atoms with E-state index in [2.05, 4.69) is 27.3 Å². The Hall–Kier alpha value is -2.63. The number of thioether (sulfide) groups is 1. The van der Waals surface area contributed by atoms with Crippen molar-refractivity contribution in [1.29, 1.82) is 0 Å². The Labute approximate surface area is 160 Å². The summed E-state index contributed by atoms with van der Waals surface area (Å²) in [5, 5.41) is 9.61. The molecule has 0 saturated heterocycles. The van der Waals surface area contributed by atoms with E-state index in [1.165, 1.54) is 11.8 Å². The molecule has 0 spiro atoms. The van der Waals surface area contributed by atoms with Gasteiger partial charge in [-0.1, -0.05) is 65.8 Å². The fourth-order valence-electron chi connectivity index (χ4n) is 2.56. The third kappa shape index (κ3) is 3.79. The van der Waals surface area contributed by atoms with Crippen molar-refractivity contribution in [2.75, 3.05) is 0 Å². The molecule has 0 saturated carbocycles. The van der Waals surface area contributed by atoms with E-state index in [-0.39, 0.29) is 5.25 Å². The monoisotopic (exact) mass is 379 g/mol. The highest BCUT2D eigenvalue weighted by molar-refractivity contribution is 7.99. The van der Waals surface area contributed by atoms with E-state index in [4.69, 9.17) is 16.0 Å². The molecule has 0 aliphatic rings. The van der Waals surface area contributed by atoms with Crippen LogP contribution in [-0.4, -0.2) is 15.2 Å². The minimum absolute atomic E-state index is 0.0270. The van der Waals surface area contributed by atoms with Gasteiger partial charge in [-0.05, 0) is 35.4 Å². The van der Waals surface area contributed by atoms with Crippen LogP contribution in [0.1, 0.15) is 16.4 Å². The molecule has 0 N–H and O–H groups in total. The van der Waals surface area contributed by atoms with Gasteiger partial charge >= 0.3 is 0 Å². The third-order valence-electron chi connectivity index (χ3n) is 3.83. The van der Waals surface area contributed by atoms with Gasteiger partial charge in [0, 0.05) is 23.0 Å². The van der Waals surface area contributed by atoms with E-state index >= 15 is 0 Å². The van der Waals surface area contributed by atoms with Gasteiger partial charge in [0.1, 0.15) is 0 Å². The van der Waals surface area contributed by atoms with Crippen LogP contribution in [-0.2, 0) is 0 Å². The first kappa shape index (κ1) is 16.8. The Balaban J connectivity index is 1.65. The van der Waals surface area contributed by atoms with E-state index in [0.717, 1.165) is 16.7 Å². The van der Waals surface area contributed by atoms with Gasteiger partial charge in [0.2, 0.25) is 5.89 Å². The summed E-state index contributed by atoms with van der Waals surface area (Å²) in [7, 11) is 0. The van der Waals surface area contributed by atoms with Crippen molar-refractivity contribution >= 4 is 23.4 Å². The van der Waals surface area contributed by atoms with Gasteiger partial charge in [0.05, 0.1) is 5.25 Å². The lowest BCUT2D eigenvalue weighted by molar-refractivity contribution is 0.465. The van der Waals surface area contributed by atoms with Gasteiger partial charge in [-0.15, -0.1) is 10.2 Å². The van der Waals surface area contributed by atoms with E-state index in [1.54, 1.807) is 12.4 Å². The maximum atomic E-state index is 6.04. The van der Waals surface area contributed by atoms with Crippen molar-refractivity contribution < 1.29 is 4.42 Å². The molecule has 26 heavy (non-hydrogen) atoms. The van der Waals surface area contributed by atoms with Crippen LogP contribution in [0.4, 0.5) is 0 Å². The van der Waals surface area contributed by atoms with Gasteiger partial charge in [0.25, 0.3) is 5.22 Å². The van der Waals surface area contributed by atoms with Crippen LogP contribution in [0.2, 0.25) is 5.02 Å². The van der Waals surface area contributed by atoms with E-state index in [1.807, 2.05) is 54.6 Å². The molecule has 1 unspecified atom stereocenters. The number of halogens is 1. The largest absolute Gasteiger partial charge is 0.411 e. The smallest absolute Gasteiger partial charge is 0.277 e. The number of aromatic nitrogens is 3. The first-order chi connectivity index (χ1) is 12.8. The second kappa shape index (κ2) is 7.72. The van der Waals surface area contributed by atoms with Crippen molar-refractivity contribution in [3.63, 3.8) is 0 Å². The molecule has 128 valence electrons. The molecule has 0 radical (unpaired) electrons. The average Bonchev–Trinajstić information content (AvgIpc) is 3.17. The summed E-state index contributed by atoms with van der Waals surface area (Å²) in [6, 6.07) is 21.7. The number of hydrogen-bond acceptors (Lipinski definition) is 5. The summed E-state index contributed by atoms with van der Waals surface area (Å²) in [6.45, 7) is 0. The molecule has 0 fully saturated rings. The van der Waals surface area contributed by atoms with E-state index in [0.29, 0.717) is 16.1 Å². The number of pyridine rings is 1. The maximum absolute atomic E-state index is 6.04. The van der Waals surface area contributed by atoms with Crippen LogP contribution in [0.3, 0.4) is 0 Å². The Kier molecular flexibility index (Phi) is 5.00. The minimum Gasteiger partial charge on any atom is -0.411 e. The van der Waals surface area contributed by atoms with Crippen molar-refractivity contribution in [2.45, 2.75) is 10.5 Å². The molecular formula is C20H14ClN3OS. The van der Waals surface area contributed by atoms with Crippen LogP contribution < -0.4 is 0 Å². The highest BCUT2D eigenvalue weighted by atomic mass is 35.5. The summed E-state index contributed by atoms with van der Waals surface area (Å²) in [6.07, 6.45) is 3.40.